The Labute approximate surface area is 119 Å². The lowest BCUT2D eigenvalue weighted by molar-refractivity contribution is 0.0997. The highest BCUT2D eigenvalue weighted by molar-refractivity contribution is 7.89. The van der Waals surface area contributed by atoms with Gasteiger partial charge in [-0.2, -0.15) is 4.31 Å². The molecule has 0 spiro atoms. The van der Waals surface area contributed by atoms with E-state index in [1.165, 1.54) is 16.4 Å². The molecule has 6 nitrogen and oxygen atoms in total. The molecule has 0 radical (unpaired) electrons. The van der Waals surface area contributed by atoms with Crippen molar-refractivity contribution in [1.82, 2.24) is 9.21 Å². The van der Waals surface area contributed by atoms with Crippen molar-refractivity contribution in [2.45, 2.75) is 11.3 Å². The third-order valence-corrected chi connectivity index (χ3v) is 5.41. The van der Waals surface area contributed by atoms with Gasteiger partial charge in [0.25, 0.3) is 0 Å². The van der Waals surface area contributed by atoms with Crippen LogP contribution in [0.3, 0.4) is 0 Å². The van der Waals surface area contributed by atoms with E-state index in [9.17, 15) is 13.2 Å². The Hall–Kier alpha value is -1.44. The molecule has 1 aliphatic heterocycles. The lowest BCUT2D eigenvalue weighted by Gasteiger charge is -2.21. The molecule has 1 aromatic rings. The molecule has 110 valence electrons. The van der Waals surface area contributed by atoms with Gasteiger partial charge in [-0.25, -0.2) is 8.42 Å². The van der Waals surface area contributed by atoms with Crippen molar-refractivity contribution < 1.29 is 13.2 Å². The number of carbonyl (C=O) groups excluding carboxylic acids is 1. The summed E-state index contributed by atoms with van der Waals surface area (Å²) in [5.74, 6) is -0.726. The van der Waals surface area contributed by atoms with E-state index in [0.29, 0.717) is 19.6 Å². The third-order valence-electron chi connectivity index (χ3n) is 3.45. The first-order valence-corrected chi connectivity index (χ1v) is 7.94. The zero-order chi connectivity index (χ0) is 14.8. The van der Waals surface area contributed by atoms with Crippen molar-refractivity contribution in [3.05, 3.63) is 29.8 Å². The maximum atomic E-state index is 12.7. The van der Waals surface area contributed by atoms with Gasteiger partial charge in [-0.05, 0) is 32.1 Å². The molecule has 1 heterocycles. The summed E-state index contributed by atoms with van der Waals surface area (Å²) in [6.07, 6.45) is 0.772. The minimum absolute atomic E-state index is 0.00273. The van der Waals surface area contributed by atoms with Crippen LogP contribution in [0, 0.1) is 0 Å². The van der Waals surface area contributed by atoms with Crippen molar-refractivity contribution >= 4 is 15.9 Å². The van der Waals surface area contributed by atoms with Crippen LogP contribution in [0.2, 0.25) is 0 Å². The van der Waals surface area contributed by atoms with E-state index in [4.69, 9.17) is 5.73 Å². The Bertz CT molecular complexity index is 601. The van der Waals surface area contributed by atoms with Crippen LogP contribution in [-0.2, 0) is 10.0 Å². The standard InChI is InChI=1S/C13H19N3O3S/c1-15-7-4-8-16(10-9-15)20(18,19)12-6-3-2-5-11(12)13(14)17/h2-3,5-6H,4,7-10H2,1H3,(H2,14,17). The summed E-state index contributed by atoms with van der Waals surface area (Å²) in [4.78, 5) is 13.5. The van der Waals surface area contributed by atoms with Crippen LogP contribution < -0.4 is 5.73 Å². The van der Waals surface area contributed by atoms with Crippen LogP contribution in [-0.4, -0.2) is 56.8 Å². The summed E-state index contributed by atoms with van der Waals surface area (Å²) in [6.45, 7) is 2.42. The predicted octanol–water partition coefficient (Wildman–Crippen LogP) is 0.112. The number of carbonyl (C=O) groups is 1. The van der Waals surface area contributed by atoms with Gasteiger partial charge in [0.05, 0.1) is 10.5 Å². The second-order valence-electron chi connectivity index (χ2n) is 4.92. The fraction of sp³-hybridized carbons (Fsp3) is 0.462. The molecule has 1 amide bonds. The smallest absolute Gasteiger partial charge is 0.250 e. The highest BCUT2D eigenvalue weighted by Gasteiger charge is 2.29. The first-order valence-electron chi connectivity index (χ1n) is 6.50. The minimum Gasteiger partial charge on any atom is -0.366 e. The van der Waals surface area contributed by atoms with Gasteiger partial charge in [0.1, 0.15) is 0 Å². The molecule has 1 aromatic carbocycles. The van der Waals surface area contributed by atoms with E-state index in [1.54, 1.807) is 12.1 Å². The van der Waals surface area contributed by atoms with E-state index >= 15 is 0 Å². The maximum Gasteiger partial charge on any atom is 0.250 e. The fourth-order valence-corrected chi connectivity index (χ4v) is 3.96. The number of sulfonamides is 1. The van der Waals surface area contributed by atoms with Gasteiger partial charge in [-0.3, -0.25) is 4.79 Å². The summed E-state index contributed by atoms with van der Waals surface area (Å²) in [5.41, 5.74) is 5.31. The monoisotopic (exact) mass is 297 g/mol. The molecular formula is C13H19N3O3S. The molecule has 2 rings (SSSR count). The Balaban J connectivity index is 2.37. The Morgan fingerprint density at radius 3 is 2.55 bits per heavy atom. The van der Waals surface area contributed by atoms with Gasteiger partial charge < -0.3 is 10.6 Å². The molecule has 20 heavy (non-hydrogen) atoms. The normalized spacial score (nSPS) is 18.6. The van der Waals surface area contributed by atoms with Crippen LogP contribution in [0.25, 0.3) is 0 Å². The predicted molar refractivity (Wildman–Crippen MR) is 75.8 cm³/mol. The molecule has 0 bridgehead atoms. The zero-order valence-corrected chi connectivity index (χ0v) is 12.3. The minimum atomic E-state index is -3.68. The summed E-state index contributed by atoms with van der Waals surface area (Å²) >= 11 is 0. The van der Waals surface area contributed by atoms with Crippen LogP contribution in [0.5, 0.6) is 0 Å². The molecule has 7 heteroatoms. The van der Waals surface area contributed by atoms with Gasteiger partial charge in [0.15, 0.2) is 0 Å². The quantitative estimate of drug-likeness (QED) is 0.858. The molecule has 0 saturated carbocycles. The maximum absolute atomic E-state index is 12.7. The number of likely N-dealkylation sites (N-methyl/N-ethyl adjacent to an activating group) is 1. The van der Waals surface area contributed by atoms with Gasteiger partial charge in [0.2, 0.25) is 15.9 Å². The highest BCUT2D eigenvalue weighted by Crippen LogP contribution is 2.21. The van der Waals surface area contributed by atoms with Crippen molar-refractivity contribution in [2.24, 2.45) is 5.73 Å². The summed E-state index contributed by atoms with van der Waals surface area (Å²) in [7, 11) is -1.71. The topological polar surface area (TPSA) is 83.7 Å². The second-order valence-corrected chi connectivity index (χ2v) is 6.83. The Morgan fingerprint density at radius 2 is 1.85 bits per heavy atom. The fourth-order valence-electron chi connectivity index (χ4n) is 2.30. The number of benzene rings is 1. The summed E-state index contributed by atoms with van der Waals surface area (Å²) in [5, 5.41) is 0. The van der Waals surface area contributed by atoms with Crippen molar-refractivity contribution in [1.29, 1.82) is 0 Å². The van der Waals surface area contributed by atoms with Crippen molar-refractivity contribution in [3.63, 3.8) is 0 Å². The molecule has 0 aromatic heterocycles. The molecular weight excluding hydrogens is 278 g/mol. The largest absolute Gasteiger partial charge is 0.366 e. The average molecular weight is 297 g/mol. The molecule has 1 aliphatic rings. The lowest BCUT2D eigenvalue weighted by atomic mass is 10.2. The van der Waals surface area contributed by atoms with Gasteiger partial charge >= 0.3 is 0 Å². The number of rotatable bonds is 3. The number of hydrogen-bond donors (Lipinski definition) is 1. The first kappa shape index (κ1) is 15.0. The SMILES string of the molecule is CN1CCCN(S(=O)(=O)c2ccccc2C(N)=O)CC1. The Morgan fingerprint density at radius 1 is 1.15 bits per heavy atom. The molecule has 0 atom stereocenters. The summed E-state index contributed by atoms with van der Waals surface area (Å²) in [6, 6.07) is 6.09. The molecule has 1 fully saturated rings. The van der Waals surface area contributed by atoms with E-state index < -0.39 is 15.9 Å². The van der Waals surface area contributed by atoms with E-state index in [2.05, 4.69) is 4.90 Å². The number of amides is 1. The van der Waals surface area contributed by atoms with Crippen LogP contribution in [0.15, 0.2) is 29.2 Å². The van der Waals surface area contributed by atoms with Gasteiger partial charge in [-0.1, -0.05) is 12.1 Å². The highest BCUT2D eigenvalue weighted by atomic mass is 32.2. The number of hydrogen-bond acceptors (Lipinski definition) is 4. The lowest BCUT2D eigenvalue weighted by Crippen LogP contribution is -2.35. The van der Waals surface area contributed by atoms with Crippen LogP contribution >= 0.6 is 0 Å². The zero-order valence-electron chi connectivity index (χ0n) is 11.4. The van der Waals surface area contributed by atoms with Crippen molar-refractivity contribution in [2.75, 3.05) is 33.2 Å². The number of nitrogens with zero attached hydrogens (tertiary/aromatic N) is 2. The average Bonchev–Trinajstić information content (AvgIpc) is 2.64. The van der Waals surface area contributed by atoms with Crippen LogP contribution in [0.1, 0.15) is 16.8 Å². The van der Waals surface area contributed by atoms with Gasteiger partial charge in [0, 0.05) is 19.6 Å². The number of primary amides is 1. The van der Waals surface area contributed by atoms with Crippen LogP contribution in [0.4, 0.5) is 0 Å². The molecule has 2 N–H and O–H groups in total. The van der Waals surface area contributed by atoms with Gasteiger partial charge in [-0.15, -0.1) is 0 Å². The van der Waals surface area contributed by atoms with E-state index in [-0.39, 0.29) is 10.5 Å². The molecule has 0 aliphatic carbocycles. The van der Waals surface area contributed by atoms with Crippen molar-refractivity contribution in [3.8, 4) is 0 Å². The van der Waals surface area contributed by atoms with E-state index in [0.717, 1.165) is 13.0 Å². The molecule has 0 unspecified atom stereocenters. The van der Waals surface area contributed by atoms with E-state index in [1.807, 2.05) is 7.05 Å². The number of nitrogens with two attached hydrogens (primary N) is 1. The molecule has 1 saturated heterocycles. The second kappa shape index (κ2) is 5.90. The Kier molecular flexibility index (Phi) is 4.42. The first-order chi connectivity index (χ1) is 9.43. The summed E-state index contributed by atoms with van der Waals surface area (Å²) < 4.78 is 26.8. The third kappa shape index (κ3) is 3.00.